The average molecular weight is 547 g/mol. The molecule has 14 heteroatoms. The third-order valence-electron chi connectivity index (χ3n) is 6.09. The van der Waals surface area contributed by atoms with Gasteiger partial charge in [-0.3, -0.25) is 14.4 Å². The third-order valence-corrected chi connectivity index (χ3v) is 7.01. The number of ether oxygens (including phenoxy) is 1. The normalized spacial score (nSPS) is 18.0. The number of hydrogen-bond donors (Lipinski definition) is 5. The minimum Gasteiger partial charge on any atom is -0.746 e. The maximum Gasteiger partial charge on any atom is 1.00 e. The molecule has 2 heterocycles. The van der Waals surface area contributed by atoms with Crippen LogP contribution in [0.4, 0.5) is 0 Å². The van der Waals surface area contributed by atoms with Crippen LogP contribution in [0, 0.1) is 11.8 Å². The third kappa shape index (κ3) is 7.91. The topological polar surface area (TPSA) is 190 Å². The van der Waals surface area contributed by atoms with Crippen LogP contribution in [0.2, 0.25) is 0 Å². The van der Waals surface area contributed by atoms with Crippen LogP contribution in [0.5, 0.6) is 5.75 Å². The van der Waals surface area contributed by atoms with Crippen LogP contribution in [0.25, 0.3) is 10.9 Å². The Morgan fingerprint density at radius 3 is 2.54 bits per heavy atom. The van der Waals surface area contributed by atoms with Gasteiger partial charge in [-0.25, -0.2) is 8.42 Å². The first-order chi connectivity index (χ1) is 16.9. The zero-order valence-corrected chi connectivity index (χ0v) is 24.1. The van der Waals surface area contributed by atoms with Gasteiger partial charge in [0.2, 0.25) is 11.8 Å². The summed E-state index contributed by atoms with van der Waals surface area (Å²) in [6.45, 7) is 4.03. The summed E-state index contributed by atoms with van der Waals surface area (Å²) in [6.07, 6.45) is 0.315. The molecule has 0 saturated carbocycles. The number of nitrogens with one attached hydrogen (secondary N) is 4. The van der Waals surface area contributed by atoms with E-state index >= 15 is 0 Å². The van der Waals surface area contributed by atoms with Gasteiger partial charge in [-0.15, -0.1) is 0 Å². The Labute approximate surface area is 237 Å². The first-order valence-electron chi connectivity index (χ1n) is 11.6. The number of fused-ring (bicyclic) bond motifs is 1. The SMILES string of the molecule is COc1cccc2[nH]c(C(=O)N[C@@H](CC(C)C)C(=O)N[C@@H](C[C@@H]3CCNC3=O)C(O)S(=O)(=O)[O-])cc12.[Na+]. The maximum atomic E-state index is 13.2. The molecule has 1 unspecified atom stereocenters. The molecule has 0 radical (unpaired) electrons. The molecule has 0 aliphatic carbocycles. The van der Waals surface area contributed by atoms with E-state index in [0.29, 0.717) is 29.6 Å². The summed E-state index contributed by atoms with van der Waals surface area (Å²) in [6, 6.07) is 4.22. The van der Waals surface area contributed by atoms with Crippen molar-refractivity contribution in [2.45, 2.75) is 50.6 Å². The number of H-pyrrole nitrogens is 1. The molecule has 1 saturated heterocycles. The number of aliphatic hydroxyl groups excluding tert-OH is 1. The molecule has 0 bridgehead atoms. The number of methoxy groups -OCH3 is 1. The number of amides is 3. The van der Waals surface area contributed by atoms with E-state index in [4.69, 9.17) is 4.74 Å². The standard InChI is InChI=1S/C23H32N4O8S.Na/c1-12(2)9-16(26-22(30)17-11-14-15(25-17)5-4-6-19(14)35-3)21(29)27-18(23(31)36(32,33)34)10-13-7-8-24-20(13)28;/h4-6,11-13,16,18,23,25,31H,7-10H2,1-3H3,(H,24,28)(H,26,30)(H,27,29)(H,32,33,34);/q;+1/p-1/t13-,16-,18-,23?;/m0./s1. The second-order valence-electron chi connectivity index (χ2n) is 9.27. The van der Waals surface area contributed by atoms with Crippen molar-refractivity contribution in [3.05, 3.63) is 30.0 Å². The van der Waals surface area contributed by atoms with Gasteiger partial charge in [0.1, 0.15) is 27.6 Å². The van der Waals surface area contributed by atoms with Crippen molar-refractivity contribution in [1.29, 1.82) is 0 Å². The van der Waals surface area contributed by atoms with Crippen LogP contribution in [-0.2, 0) is 19.7 Å². The van der Waals surface area contributed by atoms with Crippen LogP contribution < -0.4 is 50.2 Å². The van der Waals surface area contributed by atoms with Crippen molar-refractivity contribution in [2.75, 3.05) is 13.7 Å². The molecule has 3 amide bonds. The first-order valence-corrected chi connectivity index (χ1v) is 13.0. The Morgan fingerprint density at radius 2 is 1.97 bits per heavy atom. The van der Waals surface area contributed by atoms with Crippen molar-refractivity contribution >= 4 is 38.7 Å². The van der Waals surface area contributed by atoms with Crippen LogP contribution in [-0.4, -0.2) is 72.0 Å². The number of hydrogen-bond acceptors (Lipinski definition) is 8. The molecule has 2 aromatic rings. The van der Waals surface area contributed by atoms with Gasteiger partial charge >= 0.3 is 29.6 Å². The van der Waals surface area contributed by atoms with E-state index in [0.717, 1.165) is 0 Å². The van der Waals surface area contributed by atoms with E-state index < -0.39 is 45.4 Å². The summed E-state index contributed by atoms with van der Waals surface area (Å²) >= 11 is 0. The molecule has 3 rings (SSSR count). The Kier molecular flexibility index (Phi) is 11.0. The number of aromatic nitrogens is 1. The number of benzene rings is 1. The molecule has 1 aliphatic rings. The van der Waals surface area contributed by atoms with Gasteiger partial charge in [-0.1, -0.05) is 19.9 Å². The van der Waals surface area contributed by atoms with Crippen molar-refractivity contribution < 1.29 is 66.8 Å². The van der Waals surface area contributed by atoms with Crippen molar-refractivity contribution in [3.63, 3.8) is 0 Å². The smallest absolute Gasteiger partial charge is 0.746 e. The fourth-order valence-corrected chi connectivity index (χ4v) is 4.86. The van der Waals surface area contributed by atoms with Crippen molar-refractivity contribution in [3.8, 4) is 5.75 Å². The van der Waals surface area contributed by atoms with E-state index in [-0.39, 0.29) is 59.9 Å². The molecule has 0 spiro atoms. The predicted octanol–water partition coefficient (Wildman–Crippen LogP) is -2.80. The largest absolute Gasteiger partial charge is 1.00 e. The molecule has 1 aliphatic heterocycles. The van der Waals surface area contributed by atoms with Crippen molar-refractivity contribution in [1.82, 2.24) is 20.9 Å². The molecule has 4 atom stereocenters. The molecule has 198 valence electrons. The van der Waals surface area contributed by atoms with E-state index in [1.165, 1.54) is 7.11 Å². The number of rotatable bonds is 11. The summed E-state index contributed by atoms with van der Waals surface area (Å²) in [4.78, 5) is 41.1. The van der Waals surface area contributed by atoms with Crippen LogP contribution >= 0.6 is 0 Å². The summed E-state index contributed by atoms with van der Waals surface area (Å²) in [5, 5.41) is 18.4. The molecule has 12 nitrogen and oxygen atoms in total. The molecular weight excluding hydrogens is 515 g/mol. The molecule has 37 heavy (non-hydrogen) atoms. The summed E-state index contributed by atoms with van der Waals surface area (Å²) in [5.41, 5.74) is -1.62. The van der Waals surface area contributed by atoms with E-state index in [9.17, 15) is 32.5 Å². The molecule has 1 fully saturated rings. The van der Waals surface area contributed by atoms with Crippen LogP contribution in [0.1, 0.15) is 43.6 Å². The molecule has 5 N–H and O–H groups in total. The van der Waals surface area contributed by atoms with E-state index in [1.54, 1.807) is 24.3 Å². The minimum atomic E-state index is -5.19. The monoisotopic (exact) mass is 546 g/mol. The summed E-state index contributed by atoms with van der Waals surface area (Å²) < 4.78 is 39.9. The maximum absolute atomic E-state index is 13.2. The Bertz CT molecular complexity index is 1230. The fraction of sp³-hybridized carbons (Fsp3) is 0.522. The average Bonchev–Trinajstić information content (AvgIpc) is 3.42. The quantitative estimate of drug-likeness (QED) is 0.147. The number of carbonyl (C=O) groups is 3. The van der Waals surface area contributed by atoms with Gasteiger partial charge in [-0.2, -0.15) is 0 Å². The Morgan fingerprint density at radius 1 is 1.27 bits per heavy atom. The van der Waals surface area contributed by atoms with E-state index in [1.807, 2.05) is 13.8 Å². The second kappa shape index (κ2) is 13.1. The molecule has 1 aromatic carbocycles. The number of carbonyl (C=O) groups excluding carboxylic acids is 3. The van der Waals surface area contributed by atoms with Crippen molar-refractivity contribution in [2.24, 2.45) is 11.8 Å². The summed E-state index contributed by atoms with van der Waals surface area (Å²) in [5.74, 6) is -1.88. The predicted molar refractivity (Wildman–Crippen MR) is 129 cm³/mol. The number of aliphatic hydroxyl groups is 1. The second-order valence-corrected chi connectivity index (χ2v) is 10.7. The van der Waals surface area contributed by atoms with Crippen LogP contribution in [0.15, 0.2) is 24.3 Å². The Hall–Kier alpha value is -2.16. The van der Waals surface area contributed by atoms with Gasteiger partial charge in [0.15, 0.2) is 5.44 Å². The first kappa shape index (κ1) is 31.1. The fourth-order valence-electron chi connectivity index (χ4n) is 4.27. The molecular formula is C23H31N4NaO8S. The Balaban J connectivity index is 0.00000481. The van der Waals surface area contributed by atoms with E-state index in [2.05, 4.69) is 20.9 Å². The minimum absolute atomic E-state index is 0. The number of aromatic amines is 1. The van der Waals surface area contributed by atoms with Gasteiger partial charge in [0.05, 0.1) is 13.2 Å². The van der Waals surface area contributed by atoms with Gasteiger partial charge in [-0.05, 0) is 43.4 Å². The van der Waals surface area contributed by atoms with Gasteiger partial charge in [0.25, 0.3) is 5.91 Å². The zero-order valence-electron chi connectivity index (χ0n) is 21.2. The van der Waals surface area contributed by atoms with Gasteiger partial charge in [0, 0.05) is 23.4 Å². The van der Waals surface area contributed by atoms with Crippen LogP contribution in [0.3, 0.4) is 0 Å². The zero-order chi connectivity index (χ0) is 26.6. The van der Waals surface area contributed by atoms with Gasteiger partial charge < -0.3 is 35.3 Å². The summed E-state index contributed by atoms with van der Waals surface area (Å²) in [7, 11) is -3.68. The molecule has 1 aromatic heterocycles.